The van der Waals surface area contributed by atoms with Gasteiger partial charge in [-0.25, -0.2) is 14.0 Å². The largest absolute Gasteiger partial charge is 0.465 e. The topological polar surface area (TPSA) is 73.7 Å². The number of carbonyl (C=O) groups is 2. The van der Waals surface area contributed by atoms with Gasteiger partial charge in [0.15, 0.2) is 0 Å². The van der Waals surface area contributed by atoms with Crippen molar-refractivity contribution in [1.29, 1.82) is 0 Å². The molecule has 4 rings (SSSR count). The average Bonchev–Trinajstić information content (AvgIpc) is 3.08. The number of hydrogen-bond donors (Lipinski definition) is 0. The van der Waals surface area contributed by atoms with Gasteiger partial charge in [-0.3, -0.25) is 4.98 Å². The Morgan fingerprint density at radius 1 is 1.21 bits per heavy atom. The van der Waals surface area contributed by atoms with E-state index in [1.165, 1.54) is 19.2 Å². The van der Waals surface area contributed by atoms with Crippen molar-refractivity contribution in [2.24, 2.45) is 5.92 Å². The molecule has 7 nitrogen and oxygen atoms in total. The summed E-state index contributed by atoms with van der Waals surface area (Å²) in [5.41, 5.74) is 3.06. The Balaban J connectivity index is 1.65. The maximum Gasteiger partial charge on any atom is 0.410 e. The van der Waals surface area contributed by atoms with Crippen LogP contribution >= 0.6 is 0 Å². The van der Waals surface area contributed by atoms with Gasteiger partial charge in [-0.05, 0) is 69.4 Å². The molecule has 0 bridgehead atoms. The third kappa shape index (κ3) is 4.55. The summed E-state index contributed by atoms with van der Waals surface area (Å²) < 4.78 is 26.1. The number of rotatable bonds is 4. The molecule has 174 valence electrons. The van der Waals surface area contributed by atoms with E-state index in [0.29, 0.717) is 18.8 Å². The molecule has 1 fully saturated rings. The van der Waals surface area contributed by atoms with Crippen molar-refractivity contribution >= 4 is 23.0 Å². The minimum Gasteiger partial charge on any atom is -0.465 e. The summed E-state index contributed by atoms with van der Waals surface area (Å²) in [5.74, 6) is -0.834. The molecule has 0 unspecified atom stereocenters. The van der Waals surface area contributed by atoms with Gasteiger partial charge in [0.2, 0.25) is 0 Å². The molecule has 0 saturated carbocycles. The van der Waals surface area contributed by atoms with Gasteiger partial charge >= 0.3 is 12.1 Å². The monoisotopic (exact) mass is 453 g/mol. The predicted octanol–water partition coefficient (Wildman–Crippen LogP) is 4.67. The third-order valence-corrected chi connectivity index (χ3v) is 5.72. The van der Waals surface area contributed by atoms with Gasteiger partial charge in [0, 0.05) is 30.9 Å². The average molecular weight is 454 g/mol. The van der Waals surface area contributed by atoms with Crippen LogP contribution in [0.3, 0.4) is 0 Å². The smallest absolute Gasteiger partial charge is 0.410 e. The van der Waals surface area contributed by atoms with E-state index in [1.54, 1.807) is 23.4 Å². The first-order valence-corrected chi connectivity index (χ1v) is 10.9. The molecule has 1 aliphatic heterocycles. The van der Waals surface area contributed by atoms with E-state index >= 15 is 0 Å². The molecular formula is C25H28FN3O4. The molecule has 3 heterocycles. The van der Waals surface area contributed by atoms with E-state index in [0.717, 1.165) is 28.5 Å². The summed E-state index contributed by atoms with van der Waals surface area (Å²) in [6.07, 6.45) is 5.97. The quantitative estimate of drug-likeness (QED) is 0.537. The number of pyridine rings is 1. The molecule has 33 heavy (non-hydrogen) atoms. The summed E-state index contributed by atoms with van der Waals surface area (Å²) in [6.45, 7) is 8.79. The number of nitrogens with zero attached hydrogens (tertiary/aromatic N) is 3. The van der Waals surface area contributed by atoms with Crippen molar-refractivity contribution in [3.05, 3.63) is 59.3 Å². The Morgan fingerprint density at radius 2 is 1.94 bits per heavy atom. The van der Waals surface area contributed by atoms with E-state index in [-0.39, 0.29) is 17.6 Å². The highest BCUT2D eigenvalue weighted by molar-refractivity contribution is 5.95. The molecule has 1 aromatic carbocycles. The van der Waals surface area contributed by atoms with Crippen LogP contribution < -0.4 is 0 Å². The highest BCUT2D eigenvalue weighted by atomic mass is 19.1. The number of ether oxygens (including phenoxy) is 2. The van der Waals surface area contributed by atoms with Crippen molar-refractivity contribution in [3.8, 4) is 5.69 Å². The number of aryl methyl sites for hydroxylation is 1. The van der Waals surface area contributed by atoms with Crippen LogP contribution in [0.4, 0.5) is 9.18 Å². The molecule has 0 spiro atoms. The Bertz CT molecular complexity index is 1220. The maximum absolute atomic E-state index is 13.9. The number of halogens is 1. The second-order valence-corrected chi connectivity index (χ2v) is 9.48. The van der Waals surface area contributed by atoms with Crippen LogP contribution in [-0.4, -0.2) is 52.3 Å². The summed E-state index contributed by atoms with van der Waals surface area (Å²) in [7, 11) is 1.27. The third-order valence-electron chi connectivity index (χ3n) is 5.72. The Hall–Kier alpha value is -3.42. The van der Waals surface area contributed by atoms with Crippen LogP contribution in [0.15, 0.2) is 36.8 Å². The first kappa shape index (κ1) is 22.8. The number of benzene rings is 1. The zero-order chi connectivity index (χ0) is 23.9. The maximum atomic E-state index is 13.9. The van der Waals surface area contributed by atoms with Crippen LogP contribution in [0.5, 0.6) is 0 Å². The molecule has 0 aliphatic carbocycles. The summed E-state index contributed by atoms with van der Waals surface area (Å²) in [6, 6.07) is 4.07. The van der Waals surface area contributed by atoms with Crippen molar-refractivity contribution in [3.63, 3.8) is 0 Å². The van der Waals surface area contributed by atoms with Crippen LogP contribution in [-0.2, 0) is 15.9 Å². The minimum atomic E-state index is -0.611. The number of amides is 1. The van der Waals surface area contributed by atoms with Crippen molar-refractivity contribution in [2.45, 2.75) is 39.7 Å². The number of likely N-dealkylation sites (tertiary alicyclic amines) is 1. The normalized spacial score (nSPS) is 14.3. The minimum absolute atomic E-state index is 0.141. The van der Waals surface area contributed by atoms with Crippen molar-refractivity contribution in [2.75, 3.05) is 20.2 Å². The van der Waals surface area contributed by atoms with Gasteiger partial charge < -0.3 is 18.9 Å². The molecule has 0 atom stereocenters. The van der Waals surface area contributed by atoms with E-state index in [1.807, 2.05) is 38.5 Å². The number of esters is 1. The van der Waals surface area contributed by atoms with Crippen molar-refractivity contribution < 1.29 is 23.5 Å². The first-order chi connectivity index (χ1) is 15.6. The van der Waals surface area contributed by atoms with Crippen LogP contribution in [0.25, 0.3) is 16.6 Å². The SMILES string of the molecule is COC(=O)c1cc(F)ccc1-n1cc(CC2CN(C(=O)OC(C)(C)C)C2)c2c(C)cncc21. The zero-order valence-electron chi connectivity index (χ0n) is 19.5. The number of aromatic nitrogens is 2. The number of methoxy groups -OCH3 is 1. The highest BCUT2D eigenvalue weighted by Crippen LogP contribution is 2.32. The van der Waals surface area contributed by atoms with E-state index < -0.39 is 17.4 Å². The second kappa shape index (κ2) is 8.50. The van der Waals surface area contributed by atoms with Gasteiger partial charge in [-0.2, -0.15) is 0 Å². The molecule has 0 radical (unpaired) electrons. The number of carbonyl (C=O) groups excluding carboxylic acids is 2. The standard InChI is InChI=1S/C25H28FN3O4/c1-15-10-27-11-21-22(15)17(8-16-12-28(13-16)24(31)33-25(2,3)4)14-29(21)20-7-6-18(26)9-19(20)23(30)32-5/h6-7,9-11,14,16H,8,12-13H2,1-5H3. The molecule has 1 aliphatic rings. The fourth-order valence-electron chi connectivity index (χ4n) is 4.27. The molecule has 0 N–H and O–H groups in total. The Kier molecular flexibility index (Phi) is 5.86. The lowest BCUT2D eigenvalue weighted by molar-refractivity contribution is -0.000849. The lowest BCUT2D eigenvalue weighted by Crippen LogP contribution is -2.52. The van der Waals surface area contributed by atoms with Gasteiger partial charge in [-0.1, -0.05) is 0 Å². The Morgan fingerprint density at radius 3 is 2.61 bits per heavy atom. The van der Waals surface area contributed by atoms with Crippen molar-refractivity contribution in [1.82, 2.24) is 14.5 Å². The van der Waals surface area contributed by atoms with Gasteiger partial charge in [-0.15, -0.1) is 0 Å². The molecule has 1 saturated heterocycles. The van der Waals surface area contributed by atoms with Crippen LogP contribution in [0.2, 0.25) is 0 Å². The number of fused-ring (bicyclic) bond motifs is 1. The lowest BCUT2D eigenvalue weighted by atomic mass is 9.92. The lowest BCUT2D eigenvalue weighted by Gasteiger charge is -2.39. The van der Waals surface area contributed by atoms with Gasteiger partial charge in [0.05, 0.1) is 30.1 Å². The molecule has 1 amide bonds. The first-order valence-electron chi connectivity index (χ1n) is 10.9. The highest BCUT2D eigenvalue weighted by Gasteiger charge is 2.34. The van der Waals surface area contributed by atoms with Gasteiger partial charge in [0.25, 0.3) is 0 Å². The van der Waals surface area contributed by atoms with Crippen LogP contribution in [0.1, 0.15) is 42.3 Å². The fourth-order valence-corrected chi connectivity index (χ4v) is 4.27. The van der Waals surface area contributed by atoms with E-state index in [9.17, 15) is 14.0 Å². The summed E-state index contributed by atoms with van der Waals surface area (Å²) in [5, 5.41) is 1.04. The van der Waals surface area contributed by atoms with E-state index in [2.05, 4.69) is 4.98 Å². The zero-order valence-corrected chi connectivity index (χ0v) is 19.5. The van der Waals surface area contributed by atoms with Crippen LogP contribution in [0, 0.1) is 18.7 Å². The summed E-state index contributed by atoms with van der Waals surface area (Å²) in [4.78, 5) is 30.6. The molecular weight excluding hydrogens is 425 g/mol. The predicted molar refractivity (Wildman–Crippen MR) is 122 cm³/mol. The molecule has 3 aromatic rings. The second-order valence-electron chi connectivity index (χ2n) is 9.48. The fraction of sp³-hybridized carbons (Fsp3) is 0.400. The number of hydrogen-bond acceptors (Lipinski definition) is 5. The Labute approximate surface area is 192 Å². The van der Waals surface area contributed by atoms with Gasteiger partial charge in [0.1, 0.15) is 11.4 Å². The molecule has 2 aromatic heterocycles. The molecule has 8 heteroatoms. The van der Waals surface area contributed by atoms with E-state index in [4.69, 9.17) is 9.47 Å². The summed E-state index contributed by atoms with van der Waals surface area (Å²) >= 11 is 0.